The van der Waals surface area contributed by atoms with Crippen LogP contribution >= 0.6 is 0 Å². The van der Waals surface area contributed by atoms with Crippen LogP contribution in [0, 0.1) is 0 Å². The summed E-state index contributed by atoms with van der Waals surface area (Å²) >= 11 is 0. The van der Waals surface area contributed by atoms with E-state index in [1.165, 1.54) is 89.9 Å². The fraction of sp³-hybridized carbons (Fsp3) is 1.00. The molecule has 0 rings (SSSR count). The second-order valence-electron chi connectivity index (χ2n) is 7.53. The zero-order valence-corrected chi connectivity index (χ0v) is 19.9. The van der Waals surface area contributed by atoms with Gasteiger partial charge in [0.1, 0.15) is 6.10 Å². The first-order valence-electron chi connectivity index (χ1n) is 10.8. The maximum Gasteiger partial charge on any atom is 0.165 e. The summed E-state index contributed by atoms with van der Waals surface area (Å²) in [6.45, 7) is 2.29. The van der Waals surface area contributed by atoms with Crippen molar-refractivity contribution in [3.05, 3.63) is 0 Å². The second-order valence-corrected chi connectivity index (χ2v) is 8.93. The normalized spacial score (nSPS) is 13.4. The van der Waals surface area contributed by atoms with E-state index in [9.17, 15) is 0 Å². The van der Waals surface area contributed by atoms with Crippen LogP contribution in [-0.4, -0.2) is 43.1 Å². The molecule has 0 aliphatic rings. The van der Waals surface area contributed by atoms with Crippen LogP contribution in [0.4, 0.5) is 0 Å². The highest BCUT2D eigenvalue weighted by molar-refractivity contribution is 6.13. The third-order valence-electron chi connectivity index (χ3n) is 5.50. The van der Waals surface area contributed by atoms with Gasteiger partial charge in [0, 0.05) is 21.3 Å². The molecule has 0 heterocycles. The number of hydrogen-bond acceptors (Lipinski definition) is 3. The van der Waals surface area contributed by atoms with Crippen LogP contribution in [0.15, 0.2) is 0 Å². The lowest BCUT2D eigenvalue weighted by Crippen LogP contribution is -2.47. The van der Waals surface area contributed by atoms with Crippen LogP contribution in [0.1, 0.15) is 103 Å². The van der Waals surface area contributed by atoms with Crippen LogP contribution in [-0.2, 0) is 14.2 Å². The Morgan fingerprint density at radius 3 is 1.32 bits per heavy atom. The van der Waals surface area contributed by atoms with Gasteiger partial charge in [-0.05, 0) is 6.42 Å². The molecule has 0 aliphatic carbocycles. The average Bonchev–Trinajstić information content (AvgIpc) is 2.64. The standard InChI is InChI=1S/C21H46O3Si/c1-5-6-7-8-9-10-11-12-13-14-15-16-17-18-19-20(22-2)21(25,23-3)24-4/h20H,5-19H2,1-4,25H3/t20-/m1/s1. The Labute approximate surface area is 161 Å². The molecule has 3 nitrogen and oxygen atoms in total. The first kappa shape index (κ1) is 25.1. The third kappa shape index (κ3) is 13.0. The molecule has 0 bridgehead atoms. The van der Waals surface area contributed by atoms with Gasteiger partial charge in [0.25, 0.3) is 0 Å². The van der Waals surface area contributed by atoms with Gasteiger partial charge in [-0.25, -0.2) is 0 Å². The van der Waals surface area contributed by atoms with E-state index in [4.69, 9.17) is 14.2 Å². The fourth-order valence-corrected chi connectivity index (χ4v) is 3.99. The van der Waals surface area contributed by atoms with Crippen molar-refractivity contribution in [2.24, 2.45) is 0 Å². The van der Waals surface area contributed by atoms with Crippen molar-refractivity contribution >= 4 is 10.2 Å². The average molecular weight is 375 g/mol. The van der Waals surface area contributed by atoms with Crippen LogP contribution in [0.3, 0.4) is 0 Å². The van der Waals surface area contributed by atoms with Gasteiger partial charge in [0.15, 0.2) is 5.41 Å². The zero-order valence-electron chi connectivity index (χ0n) is 17.9. The summed E-state index contributed by atoms with van der Waals surface area (Å²) in [7, 11) is 6.01. The highest BCUT2D eigenvalue weighted by Gasteiger charge is 2.33. The van der Waals surface area contributed by atoms with Crippen molar-refractivity contribution in [3.8, 4) is 0 Å². The SMILES string of the molecule is CCCCCCCCCCCCCCCC[C@@H](OC)C([SiH3])(OC)OC. The molecule has 0 saturated heterocycles. The van der Waals surface area contributed by atoms with Crippen LogP contribution < -0.4 is 0 Å². The van der Waals surface area contributed by atoms with Crippen molar-refractivity contribution < 1.29 is 14.2 Å². The number of rotatable bonds is 19. The van der Waals surface area contributed by atoms with Crippen LogP contribution in [0.5, 0.6) is 0 Å². The quantitative estimate of drug-likeness (QED) is 0.177. The Bertz CT molecular complexity index is 270. The Hall–Kier alpha value is 0.0969. The summed E-state index contributed by atoms with van der Waals surface area (Å²) in [6.07, 6.45) is 20.6. The summed E-state index contributed by atoms with van der Waals surface area (Å²) in [5.41, 5.74) is -0.495. The molecule has 0 fully saturated rings. The van der Waals surface area contributed by atoms with Gasteiger partial charge in [-0.2, -0.15) is 0 Å². The Balaban J connectivity index is 3.41. The maximum absolute atomic E-state index is 5.60. The molecule has 4 heteroatoms. The Morgan fingerprint density at radius 1 is 0.640 bits per heavy atom. The van der Waals surface area contributed by atoms with Crippen LogP contribution in [0.2, 0.25) is 0 Å². The molecular weight excluding hydrogens is 328 g/mol. The molecular formula is C21H46O3Si. The molecule has 152 valence electrons. The summed E-state index contributed by atoms with van der Waals surface area (Å²) in [5.74, 6) is 0. The monoisotopic (exact) mass is 374 g/mol. The Kier molecular flexibility index (Phi) is 17.6. The van der Waals surface area contributed by atoms with Crippen molar-refractivity contribution in [2.45, 2.75) is 115 Å². The predicted octanol–water partition coefficient (Wildman–Crippen LogP) is 5.18. The number of unbranched alkanes of at least 4 members (excludes halogenated alkanes) is 13. The number of methoxy groups -OCH3 is 3. The Morgan fingerprint density at radius 2 is 1.00 bits per heavy atom. The van der Waals surface area contributed by atoms with Gasteiger partial charge in [-0.1, -0.05) is 96.8 Å². The molecule has 0 unspecified atom stereocenters. The van der Waals surface area contributed by atoms with Crippen molar-refractivity contribution in [1.82, 2.24) is 0 Å². The molecule has 25 heavy (non-hydrogen) atoms. The first-order valence-corrected chi connectivity index (χ1v) is 11.8. The fourth-order valence-electron chi connectivity index (χ4n) is 3.46. The molecule has 0 aromatic rings. The van der Waals surface area contributed by atoms with Gasteiger partial charge in [0.05, 0.1) is 10.2 Å². The summed E-state index contributed by atoms with van der Waals surface area (Å²) in [4.78, 5) is 0. The lowest BCUT2D eigenvalue weighted by molar-refractivity contribution is -0.209. The molecule has 0 aromatic carbocycles. The van der Waals surface area contributed by atoms with E-state index < -0.39 is 5.41 Å². The van der Waals surface area contributed by atoms with Crippen molar-refractivity contribution in [1.29, 1.82) is 0 Å². The van der Waals surface area contributed by atoms with Gasteiger partial charge >= 0.3 is 0 Å². The maximum atomic E-state index is 5.60. The molecule has 0 amide bonds. The largest absolute Gasteiger partial charge is 0.376 e. The molecule has 0 aliphatic heterocycles. The molecule has 0 N–H and O–H groups in total. The minimum atomic E-state index is -0.495. The number of ether oxygens (including phenoxy) is 3. The van der Waals surface area contributed by atoms with E-state index in [0.717, 1.165) is 16.7 Å². The lowest BCUT2D eigenvalue weighted by Gasteiger charge is -2.34. The molecule has 0 aromatic heterocycles. The zero-order chi connectivity index (χ0) is 18.8. The van der Waals surface area contributed by atoms with Crippen LogP contribution in [0.25, 0.3) is 0 Å². The summed E-state index contributed by atoms with van der Waals surface area (Å²) in [5, 5.41) is 0. The first-order chi connectivity index (χ1) is 12.1. The predicted molar refractivity (Wildman–Crippen MR) is 112 cm³/mol. The van der Waals surface area contributed by atoms with Crippen molar-refractivity contribution in [3.63, 3.8) is 0 Å². The van der Waals surface area contributed by atoms with E-state index >= 15 is 0 Å². The smallest absolute Gasteiger partial charge is 0.165 e. The van der Waals surface area contributed by atoms with E-state index in [1.807, 2.05) is 0 Å². The van der Waals surface area contributed by atoms with E-state index in [2.05, 4.69) is 6.92 Å². The van der Waals surface area contributed by atoms with E-state index in [-0.39, 0.29) is 6.10 Å². The van der Waals surface area contributed by atoms with Gasteiger partial charge < -0.3 is 14.2 Å². The summed E-state index contributed by atoms with van der Waals surface area (Å²) in [6, 6.07) is 0. The van der Waals surface area contributed by atoms with E-state index in [0.29, 0.717) is 0 Å². The molecule has 0 saturated carbocycles. The van der Waals surface area contributed by atoms with E-state index in [1.54, 1.807) is 21.3 Å². The molecule has 0 radical (unpaired) electrons. The number of hydrogen-bond donors (Lipinski definition) is 0. The molecule has 1 atom stereocenters. The minimum Gasteiger partial charge on any atom is -0.376 e. The topological polar surface area (TPSA) is 27.7 Å². The molecule has 0 spiro atoms. The van der Waals surface area contributed by atoms with Gasteiger partial charge in [-0.15, -0.1) is 0 Å². The lowest BCUT2D eigenvalue weighted by atomic mass is 10.0. The van der Waals surface area contributed by atoms with Gasteiger partial charge in [-0.3, -0.25) is 0 Å². The van der Waals surface area contributed by atoms with Gasteiger partial charge in [0.2, 0.25) is 0 Å². The van der Waals surface area contributed by atoms with Crippen molar-refractivity contribution in [2.75, 3.05) is 21.3 Å². The minimum absolute atomic E-state index is 0.0616. The highest BCUT2D eigenvalue weighted by Crippen LogP contribution is 2.21. The highest BCUT2D eigenvalue weighted by atomic mass is 28.1. The summed E-state index contributed by atoms with van der Waals surface area (Å²) < 4.78 is 16.6. The third-order valence-corrected chi connectivity index (χ3v) is 6.96. The second kappa shape index (κ2) is 17.5.